The molecule has 0 amide bonds. The van der Waals surface area contributed by atoms with Gasteiger partial charge in [-0.2, -0.15) is 13.2 Å². The quantitative estimate of drug-likeness (QED) is 0.919. The van der Waals surface area contributed by atoms with Crippen molar-refractivity contribution in [1.29, 1.82) is 0 Å². The fraction of sp³-hybridized carbons (Fsp3) is 0.444. The van der Waals surface area contributed by atoms with Crippen molar-refractivity contribution in [2.24, 2.45) is 0 Å². The highest BCUT2D eigenvalue weighted by Gasteiger charge is 2.35. The van der Waals surface area contributed by atoms with Crippen LogP contribution in [0.5, 0.6) is 0 Å². The lowest BCUT2D eigenvalue weighted by Crippen LogP contribution is -2.36. The number of hydrogen-bond acceptors (Lipinski definition) is 3. The van der Waals surface area contributed by atoms with Gasteiger partial charge in [-0.15, -0.1) is 0 Å². The molecule has 2 heterocycles. The molecule has 0 atom stereocenters. The lowest BCUT2D eigenvalue weighted by atomic mass is 10.0. The number of rotatable bonds is 4. The molecule has 4 nitrogen and oxygen atoms in total. The van der Waals surface area contributed by atoms with Gasteiger partial charge in [-0.1, -0.05) is 37.6 Å². The van der Waals surface area contributed by atoms with Crippen molar-refractivity contribution in [1.82, 2.24) is 14.9 Å². The van der Waals surface area contributed by atoms with Crippen LogP contribution in [-0.2, 0) is 32.1 Å². The second-order valence-corrected chi connectivity index (χ2v) is 6.36. The minimum absolute atomic E-state index is 0.255. The zero-order valence-electron chi connectivity index (χ0n) is 14.0. The molecule has 0 radical (unpaired) electrons. The van der Waals surface area contributed by atoms with Gasteiger partial charge in [-0.25, -0.2) is 4.98 Å². The van der Waals surface area contributed by atoms with E-state index in [0.717, 1.165) is 18.4 Å². The second kappa shape index (κ2) is 7.00. The first kappa shape index (κ1) is 17.7. The summed E-state index contributed by atoms with van der Waals surface area (Å²) in [6, 6.07) is 8.33. The minimum Gasteiger partial charge on any atom is -0.303 e. The number of alkyl halides is 3. The highest BCUT2D eigenvalue weighted by molar-refractivity contribution is 5.25. The predicted molar refractivity (Wildman–Crippen MR) is 88.1 cm³/mol. The maximum atomic E-state index is 12.7. The van der Waals surface area contributed by atoms with Crippen molar-refractivity contribution in [2.75, 3.05) is 6.54 Å². The highest BCUT2D eigenvalue weighted by atomic mass is 19.4. The standard InChI is InChI=1S/C18H20F3N3O/c1-2-3-12-4-6-13(7-5-12)10-24-9-8-15-14(11-24)16(25)23-17(22-15)18(19,20)21/h4-7H,2-3,8-11H2,1H3,(H,22,23,25). The van der Waals surface area contributed by atoms with Crippen molar-refractivity contribution in [3.63, 3.8) is 0 Å². The number of aromatic nitrogens is 2. The van der Waals surface area contributed by atoms with Gasteiger partial charge in [0.25, 0.3) is 5.56 Å². The van der Waals surface area contributed by atoms with Gasteiger partial charge in [0.2, 0.25) is 5.82 Å². The molecule has 1 N–H and O–H groups in total. The first-order valence-electron chi connectivity index (χ1n) is 8.36. The smallest absolute Gasteiger partial charge is 0.303 e. The van der Waals surface area contributed by atoms with Gasteiger partial charge in [-0.05, 0) is 17.5 Å². The molecule has 0 saturated carbocycles. The van der Waals surface area contributed by atoms with Crippen LogP contribution >= 0.6 is 0 Å². The summed E-state index contributed by atoms with van der Waals surface area (Å²) in [5.74, 6) is -1.21. The van der Waals surface area contributed by atoms with Gasteiger partial charge in [0, 0.05) is 26.1 Å². The van der Waals surface area contributed by atoms with Crippen LogP contribution in [0, 0.1) is 0 Å². The molecule has 7 heteroatoms. The molecule has 3 rings (SSSR count). The van der Waals surface area contributed by atoms with E-state index in [1.807, 2.05) is 4.98 Å². The maximum absolute atomic E-state index is 12.7. The van der Waals surface area contributed by atoms with Crippen molar-refractivity contribution >= 4 is 0 Å². The Balaban J connectivity index is 1.74. The van der Waals surface area contributed by atoms with E-state index in [2.05, 4.69) is 41.1 Å². The third-order valence-corrected chi connectivity index (χ3v) is 4.38. The van der Waals surface area contributed by atoms with E-state index >= 15 is 0 Å². The van der Waals surface area contributed by atoms with Crippen molar-refractivity contribution in [2.45, 2.75) is 45.5 Å². The minimum atomic E-state index is -4.63. The first-order valence-corrected chi connectivity index (χ1v) is 8.36. The Kier molecular flexibility index (Phi) is 4.94. The van der Waals surface area contributed by atoms with Crippen molar-refractivity contribution in [3.8, 4) is 0 Å². The largest absolute Gasteiger partial charge is 0.449 e. The molecule has 0 unspecified atom stereocenters. The summed E-state index contributed by atoms with van der Waals surface area (Å²) in [7, 11) is 0. The number of aryl methyl sites for hydroxylation is 1. The topological polar surface area (TPSA) is 49.0 Å². The molecule has 1 aromatic heterocycles. The summed E-state index contributed by atoms with van der Waals surface area (Å²) in [6.45, 7) is 3.69. The van der Waals surface area contributed by atoms with Gasteiger partial charge in [0.15, 0.2) is 0 Å². The van der Waals surface area contributed by atoms with E-state index in [0.29, 0.717) is 31.6 Å². The summed E-state index contributed by atoms with van der Waals surface area (Å²) < 4.78 is 38.2. The average Bonchev–Trinajstić information content (AvgIpc) is 2.56. The SMILES string of the molecule is CCCc1ccc(CN2CCc3nc(C(F)(F)F)[nH]c(=O)c3C2)cc1. The summed E-state index contributed by atoms with van der Waals surface area (Å²) in [6.07, 6.45) is -2.15. The molecule has 134 valence electrons. The van der Waals surface area contributed by atoms with E-state index in [1.54, 1.807) is 0 Å². The van der Waals surface area contributed by atoms with Crippen LogP contribution in [0.1, 0.15) is 41.6 Å². The number of halogens is 3. The van der Waals surface area contributed by atoms with Crippen LogP contribution in [-0.4, -0.2) is 21.4 Å². The Morgan fingerprint density at radius 3 is 2.52 bits per heavy atom. The van der Waals surface area contributed by atoms with Gasteiger partial charge in [0.05, 0.1) is 11.3 Å². The molecular formula is C18H20F3N3O. The van der Waals surface area contributed by atoms with Crippen LogP contribution in [0.15, 0.2) is 29.1 Å². The fourth-order valence-electron chi connectivity index (χ4n) is 3.11. The molecule has 0 fully saturated rings. The van der Waals surface area contributed by atoms with Crippen LogP contribution in [0.25, 0.3) is 0 Å². The molecule has 1 aliphatic heterocycles. The molecule has 1 aromatic carbocycles. The molecular weight excluding hydrogens is 331 g/mol. The zero-order valence-corrected chi connectivity index (χ0v) is 14.0. The van der Waals surface area contributed by atoms with Crippen LogP contribution in [0.2, 0.25) is 0 Å². The Bertz CT molecular complexity index is 797. The Morgan fingerprint density at radius 1 is 1.20 bits per heavy atom. The van der Waals surface area contributed by atoms with Gasteiger partial charge in [-0.3, -0.25) is 9.69 Å². The second-order valence-electron chi connectivity index (χ2n) is 6.36. The third kappa shape index (κ3) is 4.10. The summed E-state index contributed by atoms with van der Waals surface area (Å²) in [5, 5.41) is 0. The molecule has 0 bridgehead atoms. The van der Waals surface area contributed by atoms with Crippen LogP contribution < -0.4 is 5.56 Å². The van der Waals surface area contributed by atoms with E-state index in [1.165, 1.54) is 5.56 Å². The van der Waals surface area contributed by atoms with Gasteiger partial charge in [0.1, 0.15) is 0 Å². The molecule has 0 spiro atoms. The lowest BCUT2D eigenvalue weighted by Gasteiger charge is -2.27. The fourth-order valence-corrected chi connectivity index (χ4v) is 3.11. The van der Waals surface area contributed by atoms with E-state index in [4.69, 9.17) is 0 Å². The number of fused-ring (bicyclic) bond motifs is 1. The molecule has 2 aromatic rings. The molecule has 1 aliphatic rings. The third-order valence-electron chi connectivity index (χ3n) is 4.38. The number of hydrogen-bond donors (Lipinski definition) is 1. The highest BCUT2D eigenvalue weighted by Crippen LogP contribution is 2.26. The Labute approximate surface area is 143 Å². The van der Waals surface area contributed by atoms with Gasteiger partial charge < -0.3 is 4.98 Å². The van der Waals surface area contributed by atoms with E-state index in [-0.39, 0.29) is 5.69 Å². The van der Waals surface area contributed by atoms with E-state index in [9.17, 15) is 18.0 Å². The van der Waals surface area contributed by atoms with Gasteiger partial charge >= 0.3 is 6.18 Å². The van der Waals surface area contributed by atoms with Crippen LogP contribution in [0.4, 0.5) is 13.2 Å². The normalized spacial score (nSPS) is 15.2. The van der Waals surface area contributed by atoms with E-state index < -0.39 is 17.6 Å². The Hall–Kier alpha value is -2.15. The Morgan fingerprint density at radius 2 is 1.88 bits per heavy atom. The number of H-pyrrole nitrogens is 1. The summed E-state index contributed by atoms with van der Waals surface area (Å²) in [5.41, 5.74) is 2.31. The first-order chi connectivity index (χ1) is 11.9. The number of benzene rings is 1. The average molecular weight is 351 g/mol. The lowest BCUT2D eigenvalue weighted by molar-refractivity contribution is -0.145. The van der Waals surface area contributed by atoms with Crippen LogP contribution in [0.3, 0.4) is 0 Å². The van der Waals surface area contributed by atoms with Crippen molar-refractivity contribution < 1.29 is 13.2 Å². The monoisotopic (exact) mass is 351 g/mol. The number of aromatic amines is 1. The number of nitrogens with one attached hydrogen (secondary N) is 1. The van der Waals surface area contributed by atoms with Crippen molar-refractivity contribution in [3.05, 3.63) is 62.8 Å². The zero-order chi connectivity index (χ0) is 18.0. The summed E-state index contributed by atoms with van der Waals surface area (Å²) >= 11 is 0. The maximum Gasteiger partial charge on any atom is 0.449 e. The summed E-state index contributed by atoms with van der Waals surface area (Å²) in [4.78, 5) is 19.6. The molecule has 0 saturated heterocycles. The predicted octanol–water partition coefficient (Wildman–Crippen LogP) is 3.30. The molecule has 0 aliphatic carbocycles. The number of nitrogens with zero attached hydrogens (tertiary/aromatic N) is 2. The molecule has 25 heavy (non-hydrogen) atoms.